The molecule has 0 saturated heterocycles. The fourth-order valence-electron chi connectivity index (χ4n) is 2.39. The molecule has 1 fully saturated rings. The van der Waals surface area contributed by atoms with Crippen LogP contribution in [0.5, 0.6) is 0 Å². The Bertz CT molecular complexity index is 160. The second-order valence-electron chi connectivity index (χ2n) is 5.48. The lowest BCUT2D eigenvalue weighted by Crippen LogP contribution is -2.50. The maximum absolute atomic E-state index is 9.61. The first kappa shape index (κ1) is 13.0. The minimum atomic E-state index is 0.0324. The van der Waals surface area contributed by atoms with Crippen LogP contribution < -0.4 is 5.32 Å². The smallest absolute Gasteiger partial charge is 0.0613 e. The lowest BCUT2D eigenvalue weighted by Gasteiger charge is -2.35. The molecule has 2 N–H and O–H groups in total. The van der Waals surface area contributed by atoms with Crippen molar-refractivity contribution in [2.24, 2.45) is 5.92 Å². The van der Waals surface area contributed by atoms with E-state index in [1.54, 1.807) is 0 Å². The molecule has 0 heterocycles. The van der Waals surface area contributed by atoms with Crippen LogP contribution in [0.15, 0.2) is 0 Å². The fourth-order valence-corrected chi connectivity index (χ4v) is 2.39. The van der Waals surface area contributed by atoms with Crippen molar-refractivity contribution in [2.75, 3.05) is 13.2 Å². The van der Waals surface area contributed by atoms with E-state index in [2.05, 4.69) is 19.2 Å². The normalized spacial score (nSPS) is 22.4. The van der Waals surface area contributed by atoms with E-state index in [0.29, 0.717) is 12.5 Å². The second-order valence-corrected chi connectivity index (χ2v) is 5.48. The van der Waals surface area contributed by atoms with Crippen LogP contribution in [0.3, 0.4) is 0 Å². The Morgan fingerprint density at radius 2 is 1.60 bits per heavy atom. The molecule has 1 aliphatic rings. The number of hydrogen-bond acceptors (Lipinski definition) is 2. The Kier molecular flexibility index (Phi) is 5.62. The standard InChI is InChI=1S/C13H27NO/c1-12(2)10-14-13(11-15)8-6-4-3-5-7-9-13/h12,14-15H,3-11H2,1-2H3. The number of aliphatic hydroxyl groups excluding tert-OH is 1. The number of hydrogen-bond donors (Lipinski definition) is 2. The van der Waals surface area contributed by atoms with Gasteiger partial charge in [-0.25, -0.2) is 0 Å². The molecule has 0 aromatic rings. The van der Waals surface area contributed by atoms with Gasteiger partial charge >= 0.3 is 0 Å². The summed E-state index contributed by atoms with van der Waals surface area (Å²) < 4.78 is 0. The van der Waals surface area contributed by atoms with Crippen molar-refractivity contribution in [2.45, 2.75) is 64.3 Å². The summed E-state index contributed by atoms with van der Waals surface area (Å²) in [6.07, 6.45) is 8.89. The largest absolute Gasteiger partial charge is 0.394 e. The molecule has 1 saturated carbocycles. The third-order valence-corrected chi connectivity index (χ3v) is 3.50. The fraction of sp³-hybridized carbons (Fsp3) is 1.00. The van der Waals surface area contributed by atoms with E-state index in [1.165, 1.54) is 32.1 Å². The van der Waals surface area contributed by atoms with Gasteiger partial charge in [0.05, 0.1) is 6.61 Å². The number of rotatable bonds is 4. The molecule has 90 valence electrons. The molecule has 0 atom stereocenters. The van der Waals surface area contributed by atoms with Crippen molar-refractivity contribution in [3.8, 4) is 0 Å². The zero-order chi connectivity index (χ0) is 11.1. The number of aliphatic hydroxyl groups is 1. The molecule has 15 heavy (non-hydrogen) atoms. The van der Waals surface area contributed by atoms with Crippen LogP contribution in [-0.2, 0) is 0 Å². The van der Waals surface area contributed by atoms with E-state index < -0.39 is 0 Å². The van der Waals surface area contributed by atoms with Gasteiger partial charge in [0.1, 0.15) is 0 Å². The van der Waals surface area contributed by atoms with Crippen molar-refractivity contribution in [1.82, 2.24) is 5.32 Å². The Morgan fingerprint density at radius 3 is 2.07 bits per heavy atom. The molecule has 0 spiro atoms. The minimum Gasteiger partial charge on any atom is -0.394 e. The van der Waals surface area contributed by atoms with Crippen LogP contribution in [0, 0.1) is 5.92 Å². The van der Waals surface area contributed by atoms with Crippen molar-refractivity contribution >= 4 is 0 Å². The van der Waals surface area contributed by atoms with Crippen LogP contribution in [0.2, 0.25) is 0 Å². The van der Waals surface area contributed by atoms with Crippen LogP contribution in [0.4, 0.5) is 0 Å². The first-order valence-corrected chi connectivity index (χ1v) is 6.54. The van der Waals surface area contributed by atoms with Crippen molar-refractivity contribution < 1.29 is 5.11 Å². The summed E-state index contributed by atoms with van der Waals surface area (Å²) in [7, 11) is 0. The Hall–Kier alpha value is -0.0800. The van der Waals surface area contributed by atoms with Crippen LogP contribution >= 0.6 is 0 Å². The molecule has 0 radical (unpaired) electrons. The van der Waals surface area contributed by atoms with E-state index in [-0.39, 0.29) is 5.54 Å². The maximum Gasteiger partial charge on any atom is 0.0613 e. The third kappa shape index (κ3) is 4.52. The van der Waals surface area contributed by atoms with Gasteiger partial charge in [0.25, 0.3) is 0 Å². The van der Waals surface area contributed by atoms with E-state index in [1.807, 2.05) is 0 Å². The lowest BCUT2D eigenvalue weighted by molar-refractivity contribution is 0.127. The third-order valence-electron chi connectivity index (χ3n) is 3.50. The minimum absolute atomic E-state index is 0.0324. The molecule has 2 nitrogen and oxygen atoms in total. The summed E-state index contributed by atoms with van der Waals surface area (Å²) in [5.74, 6) is 0.666. The first-order valence-electron chi connectivity index (χ1n) is 6.54. The Balaban J connectivity index is 2.46. The van der Waals surface area contributed by atoms with E-state index in [0.717, 1.165) is 19.4 Å². The van der Waals surface area contributed by atoms with Gasteiger partial charge < -0.3 is 10.4 Å². The lowest BCUT2D eigenvalue weighted by atomic mass is 9.84. The average molecular weight is 213 g/mol. The van der Waals surface area contributed by atoms with Gasteiger partial charge in [-0.2, -0.15) is 0 Å². The molecular formula is C13H27NO. The van der Waals surface area contributed by atoms with Gasteiger partial charge in [0, 0.05) is 5.54 Å². The van der Waals surface area contributed by atoms with Crippen LogP contribution in [0.25, 0.3) is 0 Å². The summed E-state index contributed by atoms with van der Waals surface area (Å²) in [6.45, 7) is 5.78. The highest BCUT2D eigenvalue weighted by molar-refractivity contribution is 4.88. The van der Waals surface area contributed by atoms with Gasteiger partial charge in [-0.05, 0) is 25.3 Å². The Morgan fingerprint density at radius 1 is 1.07 bits per heavy atom. The van der Waals surface area contributed by atoms with Crippen molar-refractivity contribution in [3.05, 3.63) is 0 Å². The van der Waals surface area contributed by atoms with Crippen molar-refractivity contribution in [1.29, 1.82) is 0 Å². The highest BCUT2D eigenvalue weighted by Gasteiger charge is 2.28. The van der Waals surface area contributed by atoms with Crippen molar-refractivity contribution in [3.63, 3.8) is 0 Å². The molecule has 0 aromatic heterocycles. The summed E-state index contributed by atoms with van der Waals surface area (Å²) in [6, 6.07) is 0. The van der Waals surface area contributed by atoms with E-state index in [9.17, 15) is 5.11 Å². The number of nitrogens with one attached hydrogen (secondary N) is 1. The highest BCUT2D eigenvalue weighted by atomic mass is 16.3. The molecule has 1 rings (SSSR count). The zero-order valence-corrected chi connectivity index (χ0v) is 10.4. The van der Waals surface area contributed by atoms with Gasteiger partial charge in [0.2, 0.25) is 0 Å². The van der Waals surface area contributed by atoms with E-state index >= 15 is 0 Å². The summed E-state index contributed by atoms with van der Waals surface area (Å²) >= 11 is 0. The predicted molar refractivity (Wildman–Crippen MR) is 65.0 cm³/mol. The van der Waals surface area contributed by atoms with Gasteiger partial charge in [-0.1, -0.05) is 46.0 Å². The topological polar surface area (TPSA) is 32.3 Å². The summed E-state index contributed by atoms with van der Waals surface area (Å²) in [5, 5.41) is 13.2. The average Bonchev–Trinajstić information content (AvgIpc) is 2.17. The van der Waals surface area contributed by atoms with Gasteiger partial charge in [-0.15, -0.1) is 0 Å². The van der Waals surface area contributed by atoms with Crippen LogP contribution in [0.1, 0.15) is 58.8 Å². The van der Waals surface area contributed by atoms with Gasteiger partial charge in [0.15, 0.2) is 0 Å². The quantitative estimate of drug-likeness (QED) is 0.752. The first-order chi connectivity index (χ1) is 7.18. The molecule has 0 unspecified atom stereocenters. The van der Waals surface area contributed by atoms with Gasteiger partial charge in [-0.3, -0.25) is 0 Å². The molecule has 0 aromatic carbocycles. The summed E-state index contributed by atoms with van der Waals surface area (Å²) in [4.78, 5) is 0. The molecular weight excluding hydrogens is 186 g/mol. The molecule has 0 bridgehead atoms. The molecule has 1 aliphatic carbocycles. The monoisotopic (exact) mass is 213 g/mol. The SMILES string of the molecule is CC(C)CNC1(CO)CCCCCCC1. The second kappa shape index (κ2) is 6.49. The Labute approximate surface area is 94.5 Å². The predicted octanol–water partition coefficient (Wildman–Crippen LogP) is 2.71. The molecule has 0 amide bonds. The van der Waals surface area contributed by atoms with E-state index in [4.69, 9.17) is 0 Å². The molecule has 0 aliphatic heterocycles. The molecule has 2 heteroatoms. The van der Waals surface area contributed by atoms with Crippen LogP contribution in [-0.4, -0.2) is 23.8 Å². The highest BCUT2D eigenvalue weighted by Crippen LogP contribution is 2.26. The summed E-state index contributed by atoms with van der Waals surface area (Å²) in [5.41, 5.74) is 0.0324. The zero-order valence-electron chi connectivity index (χ0n) is 10.4. The maximum atomic E-state index is 9.61.